The maximum Gasteiger partial charge on any atom is 0.348 e. The molecule has 3 aliphatic rings. The first-order valence-corrected chi connectivity index (χ1v) is 10.4. The smallest absolute Gasteiger partial charge is 0.348 e. The predicted molar refractivity (Wildman–Crippen MR) is 103 cm³/mol. The van der Waals surface area contributed by atoms with Crippen LogP contribution in [0.3, 0.4) is 0 Å². The van der Waals surface area contributed by atoms with Gasteiger partial charge in [0.05, 0.1) is 14.1 Å². The Bertz CT molecular complexity index is 1040. The summed E-state index contributed by atoms with van der Waals surface area (Å²) >= 11 is 0. The van der Waals surface area contributed by atoms with Crippen LogP contribution in [0, 0.1) is 23.3 Å². The first kappa shape index (κ1) is 24.1. The third-order valence-corrected chi connectivity index (χ3v) is 7.25. The van der Waals surface area contributed by atoms with E-state index in [2.05, 4.69) is 14.1 Å². The number of nitrogens with zero attached hydrogens (tertiary/aromatic N) is 1. The van der Waals surface area contributed by atoms with Gasteiger partial charge in [-0.3, -0.25) is 0 Å². The van der Waals surface area contributed by atoms with Crippen molar-refractivity contribution in [1.29, 1.82) is 0 Å². The van der Waals surface area contributed by atoms with Crippen LogP contribution in [0.1, 0.15) is 24.0 Å². The number of aliphatic hydroxyl groups is 1. The summed E-state index contributed by atoms with van der Waals surface area (Å²) in [6, 6.07) is 4.50. The molecule has 5 nitrogen and oxygen atoms in total. The Labute approximate surface area is 198 Å². The van der Waals surface area contributed by atoms with E-state index in [1.807, 2.05) is 0 Å². The van der Waals surface area contributed by atoms with Crippen molar-refractivity contribution < 1.29 is 58.4 Å². The number of morpholine rings is 1. The molecule has 3 unspecified atom stereocenters. The van der Waals surface area contributed by atoms with Crippen molar-refractivity contribution in [3.05, 3.63) is 70.8 Å². The lowest BCUT2D eigenvalue weighted by Crippen LogP contribution is -3.00. The second-order valence-electron chi connectivity index (χ2n) is 9.29. The number of halogens is 5. The molecule has 0 spiro atoms. The number of hydrogen-bond acceptors (Lipinski definition) is 4. The van der Waals surface area contributed by atoms with Gasteiger partial charge >= 0.3 is 5.97 Å². The monoisotopic (exact) mass is 531 g/mol. The molecule has 2 bridgehead atoms. The molecule has 0 saturated carbocycles. The first-order chi connectivity index (χ1) is 15.0. The number of ether oxygens (including phenoxy) is 2. The average Bonchev–Trinajstić information content (AvgIpc) is 3.46. The Hall–Kier alpha value is -2.01. The number of benzene rings is 2. The van der Waals surface area contributed by atoms with Crippen LogP contribution in [0.25, 0.3) is 0 Å². The summed E-state index contributed by atoms with van der Waals surface area (Å²) < 4.78 is 68.3. The second-order valence-corrected chi connectivity index (χ2v) is 9.29. The molecule has 178 valence electrons. The van der Waals surface area contributed by atoms with Crippen LogP contribution >= 0.6 is 0 Å². The van der Waals surface area contributed by atoms with Crippen LogP contribution in [0.15, 0.2) is 36.4 Å². The van der Waals surface area contributed by atoms with Gasteiger partial charge in [-0.25, -0.2) is 22.4 Å². The lowest BCUT2D eigenvalue weighted by molar-refractivity contribution is -0.938. The van der Waals surface area contributed by atoms with Crippen LogP contribution in [-0.4, -0.2) is 60.0 Å². The number of carbonyl (C=O) groups is 1. The van der Waals surface area contributed by atoms with Crippen molar-refractivity contribution in [3.8, 4) is 0 Å². The van der Waals surface area contributed by atoms with Gasteiger partial charge in [-0.2, -0.15) is 0 Å². The number of hydrogen-bond donors (Lipinski definition) is 1. The lowest BCUT2D eigenvalue weighted by Gasteiger charge is -2.45. The third-order valence-electron chi connectivity index (χ3n) is 7.25. The number of esters is 1. The fraction of sp³-hybridized carbons (Fsp3) is 0.435. The van der Waals surface area contributed by atoms with Gasteiger partial charge in [0.25, 0.3) is 0 Å². The predicted octanol–water partition coefficient (Wildman–Crippen LogP) is -0.217. The van der Waals surface area contributed by atoms with Crippen LogP contribution in [-0.2, 0) is 19.9 Å². The fourth-order valence-electron chi connectivity index (χ4n) is 5.47. The van der Waals surface area contributed by atoms with E-state index in [0.29, 0.717) is 25.0 Å². The highest BCUT2D eigenvalue weighted by atomic mass is 79.9. The summed E-state index contributed by atoms with van der Waals surface area (Å²) in [7, 11) is 4.17. The van der Waals surface area contributed by atoms with Crippen molar-refractivity contribution in [2.75, 3.05) is 14.1 Å². The van der Waals surface area contributed by atoms with Gasteiger partial charge in [-0.05, 0) is 24.3 Å². The first-order valence-electron chi connectivity index (χ1n) is 10.4. The molecule has 0 aliphatic carbocycles. The second kappa shape index (κ2) is 8.04. The summed E-state index contributed by atoms with van der Waals surface area (Å²) in [6.07, 6.45) is 0.496. The summed E-state index contributed by atoms with van der Waals surface area (Å²) in [4.78, 5) is 13.3. The third kappa shape index (κ3) is 3.67. The number of carbonyl (C=O) groups excluding carboxylic acids is 1. The Morgan fingerprint density at radius 1 is 0.970 bits per heavy atom. The number of quaternary nitrogens is 1. The topological polar surface area (TPSA) is 59.1 Å². The van der Waals surface area contributed by atoms with Crippen molar-refractivity contribution in [2.24, 2.45) is 0 Å². The van der Waals surface area contributed by atoms with E-state index in [1.165, 1.54) is 0 Å². The van der Waals surface area contributed by atoms with Gasteiger partial charge in [0.2, 0.25) is 5.60 Å². The molecular weight excluding hydrogens is 510 g/mol. The molecule has 3 saturated heterocycles. The van der Waals surface area contributed by atoms with Gasteiger partial charge < -0.3 is 36.0 Å². The van der Waals surface area contributed by atoms with E-state index in [1.54, 1.807) is 0 Å². The molecule has 3 fully saturated rings. The highest BCUT2D eigenvalue weighted by Gasteiger charge is 2.71. The molecule has 5 atom stereocenters. The highest BCUT2D eigenvalue weighted by molar-refractivity contribution is 5.85. The van der Waals surface area contributed by atoms with E-state index in [-0.39, 0.29) is 41.3 Å². The van der Waals surface area contributed by atoms with E-state index in [9.17, 15) is 27.5 Å². The quantitative estimate of drug-likeness (QED) is 0.256. The highest BCUT2D eigenvalue weighted by Crippen LogP contribution is 2.52. The van der Waals surface area contributed by atoms with Crippen molar-refractivity contribution in [1.82, 2.24) is 0 Å². The van der Waals surface area contributed by atoms with Crippen molar-refractivity contribution in [3.63, 3.8) is 0 Å². The van der Waals surface area contributed by atoms with Crippen LogP contribution in [0.2, 0.25) is 0 Å². The Balaban J connectivity index is 0.00000259. The molecule has 1 N–H and O–H groups in total. The number of rotatable bonds is 4. The minimum Gasteiger partial charge on any atom is -1.00 e. The maximum atomic E-state index is 14.7. The molecule has 5 rings (SSSR count). The fourth-order valence-corrected chi connectivity index (χ4v) is 5.47. The Morgan fingerprint density at radius 2 is 1.42 bits per heavy atom. The van der Waals surface area contributed by atoms with Crippen LogP contribution < -0.4 is 17.0 Å². The Morgan fingerprint density at radius 3 is 1.85 bits per heavy atom. The van der Waals surface area contributed by atoms with Crippen LogP contribution in [0.5, 0.6) is 0 Å². The number of epoxide rings is 1. The van der Waals surface area contributed by atoms with Crippen LogP contribution in [0.4, 0.5) is 17.6 Å². The summed E-state index contributed by atoms with van der Waals surface area (Å²) in [6.45, 7) is 0. The molecule has 0 radical (unpaired) electrons. The lowest BCUT2D eigenvalue weighted by atomic mass is 9.85. The van der Waals surface area contributed by atoms with Gasteiger partial charge in [-0.15, -0.1) is 0 Å². The summed E-state index contributed by atoms with van der Waals surface area (Å²) in [5, 5.41) is 11.4. The molecule has 2 aromatic carbocycles. The zero-order chi connectivity index (χ0) is 23.0. The normalized spacial score (nSPS) is 29.1. The molecule has 0 amide bonds. The zero-order valence-electron chi connectivity index (χ0n) is 17.8. The number of piperidine rings is 1. The minimum atomic E-state index is -2.93. The van der Waals surface area contributed by atoms with Gasteiger partial charge in [0.1, 0.15) is 53.7 Å². The van der Waals surface area contributed by atoms with Gasteiger partial charge in [-0.1, -0.05) is 0 Å². The standard InChI is InChI=1S/C23H22F4NO4.BrH/c1-28(2)18-9-13(10-19(28)21-20(18)32-21)31-22(29)23(30,14-5-3-11(24)7-16(14)26)15-6-4-12(25)8-17(15)27;/h3-8,13,18-21,30H,9-10H2,1-2H3;1H/q+1;/p-1/t13?,18-,19?,20+,21?;/m0./s1. The molecule has 0 aromatic heterocycles. The number of fused-ring (bicyclic) bond motifs is 5. The van der Waals surface area contributed by atoms with Gasteiger partial charge in [0, 0.05) is 36.1 Å². The van der Waals surface area contributed by atoms with Crippen molar-refractivity contribution >= 4 is 5.97 Å². The van der Waals surface area contributed by atoms with E-state index in [0.717, 1.165) is 28.7 Å². The largest absolute Gasteiger partial charge is 1.00 e. The van der Waals surface area contributed by atoms with E-state index < -0.39 is 52.1 Å². The van der Waals surface area contributed by atoms with E-state index >= 15 is 0 Å². The van der Waals surface area contributed by atoms with Gasteiger partial charge in [0.15, 0.2) is 0 Å². The molecule has 3 aliphatic heterocycles. The summed E-state index contributed by atoms with van der Waals surface area (Å²) in [5.74, 6) is -5.71. The maximum absolute atomic E-state index is 14.7. The molecular formula is C23H22BrF4NO4. The SMILES string of the molecule is C[N+]1(C)C2CC(OC(=O)C(O)(c3ccc(F)cc3F)c3ccc(F)cc3F)C[C@H]1[C@H]1OC21.[Br-]. The van der Waals surface area contributed by atoms with E-state index in [4.69, 9.17) is 9.47 Å². The zero-order valence-corrected chi connectivity index (χ0v) is 19.4. The molecule has 10 heteroatoms. The molecule has 2 aromatic rings. The number of likely N-dealkylation sites (N-methyl/N-ethyl adjacent to an activating group) is 1. The summed E-state index contributed by atoms with van der Waals surface area (Å²) in [5.41, 5.74) is -4.30. The minimum absolute atomic E-state index is 0. The molecule has 3 heterocycles. The Kier molecular flexibility index (Phi) is 5.88. The van der Waals surface area contributed by atoms with Crippen molar-refractivity contribution in [2.45, 2.75) is 48.8 Å². The average molecular weight is 532 g/mol. The molecule has 33 heavy (non-hydrogen) atoms.